The lowest BCUT2D eigenvalue weighted by Gasteiger charge is -2.32. The first-order valence-electron chi connectivity index (χ1n) is 4.93. The Bertz CT molecular complexity index is 407. The average molecular weight is 222 g/mol. The van der Waals surface area contributed by atoms with E-state index in [2.05, 4.69) is 31.8 Å². The molecule has 4 heteroatoms. The lowest BCUT2D eigenvalue weighted by atomic mass is 9.88. The Morgan fingerprint density at radius 2 is 2.20 bits per heavy atom. The van der Waals surface area contributed by atoms with Gasteiger partial charge in [-0.15, -0.1) is 11.3 Å². The molecule has 2 rings (SSSR count). The van der Waals surface area contributed by atoms with Gasteiger partial charge in [-0.3, -0.25) is 0 Å². The van der Waals surface area contributed by atoms with E-state index in [-0.39, 0.29) is 5.41 Å². The van der Waals surface area contributed by atoms with Crippen LogP contribution in [0.5, 0.6) is 0 Å². The number of thiazole rings is 1. The normalized spacial score (nSPS) is 19.3. The van der Waals surface area contributed by atoms with Gasteiger partial charge < -0.3 is 4.74 Å². The second-order valence-corrected chi connectivity index (χ2v) is 5.83. The lowest BCUT2D eigenvalue weighted by molar-refractivity contribution is -0.0299. The molecule has 0 radical (unpaired) electrons. The number of nitriles is 1. The van der Waals surface area contributed by atoms with E-state index in [4.69, 9.17) is 10.00 Å². The van der Waals surface area contributed by atoms with Crippen molar-refractivity contribution in [1.82, 2.24) is 4.98 Å². The molecule has 1 aliphatic rings. The molecule has 2 heterocycles. The maximum Gasteiger partial charge on any atom is 0.155 e. The number of hydrogen-bond donors (Lipinski definition) is 0. The van der Waals surface area contributed by atoms with Crippen LogP contribution in [0.2, 0.25) is 0 Å². The first-order valence-corrected chi connectivity index (χ1v) is 5.81. The van der Waals surface area contributed by atoms with Crippen molar-refractivity contribution in [3.63, 3.8) is 0 Å². The molecule has 0 saturated carbocycles. The van der Waals surface area contributed by atoms with E-state index in [1.807, 2.05) is 5.38 Å². The molecule has 1 aromatic rings. The maximum absolute atomic E-state index is 9.14. The summed E-state index contributed by atoms with van der Waals surface area (Å²) >= 11 is 1.57. The highest BCUT2D eigenvalue weighted by molar-refractivity contribution is 7.09. The van der Waals surface area contributed by atoms with Gasteiger partial charge in [0.05, 0.1) is 25.0 Å². The zero-order valence-electron chi connectivity index (χ0n) is 9.20. The predicted molar refractivity (Wildman–Crippen MR) is 58.9 cm³/mol. The molecule has 0 aliphatic carbocycles. The third-order valence-electron chi connectivity index (χ3n) is 2.59. The van der Waals surface area contributed by atoms with E-state index in [0.29, 0.717) is 13.2 Å². The van der Waals surface area contributed by atoms with Crippen LogP contribution in [0.1, 0.15) is 31.5 Å². The van der Waals surface area contributed by atoms with Crippen LogP contribution in [0.3, 0.4) is 0 Å². The van der Waals surface area contributed by atoms with Crippen LogP contribution < -0.4 is 0 Å². The van der Waals surface area contributed by atoms with Crippen molar-refractivity contribution < 1.29 is 4.74 Å². The van der Waals surface area contributed by atoms with E-state index in [0.717, 1.165) is 10.7 Å². The van der Waals surface area contributed by atoms with Gasteiger partial charge in [-0.25, -0.2) is 4.98 Å². The van der Waals surface area contributed by atoms with Crippen LogP contribution in [-0.2, 0) is 15.6 Å². The summed E-state index contributed by atoms with van der Waals surface area (Å²) in [5, 5.41) is 12.1. The Labute approximate surface area is 93.7 Å². The second-order valence-electron chi connectivity index (χ2n) is 4.97. The number of nitrogens with zero attached hydrogens (tertiary/aromatic N) is 2. The zero-order valence-corrected chi connectivity index (χ0v) is 10.0. The third-order valence-corrected chi connectivity index (χ3v) is 3.64. The lowest BCUT2D eigenvalue weighted by Crippen LogP contribution is -2.45. The topological polar surface area (TPSA) is 45.9 Å². The Balaban J connectivity index is 2.32. The molecule has 0 unspecified atom stereocenters. The molecular formula is C11H14N2OS. The average Bonchev–Trinajstić information content (AvgIpc) is 2.51. The molecule has 1 aliphatic heterocycles. The Hall–Kier alpha value is -0.920. The van der Waals surface area contributed by atoms with Gasteiger partial charge in [-0.2, -0.15) is 5.26 Å². The second kappa shape index (κ2) is 3.29. The summed E-state index contributed by atoms with van der Waals surface area (Å²) in [7, 11) is 0. The van der Waals surface area contributed by atoms with Crippen LogP contribution in [-0.4, -0.2) is 18.2 Å². The van der Waals surface area contributed by atoms with E-state index in [1.54, 1.807) is 11.3 Å². The van der Waals surface area contributed by atoms with Crippen LogP contribution in [0.15, 0.2) is 5.38 Å². The molecule has 0 spiro atoms. The molecule has 1 aromatic heterocycles. The first-order chi connectivity index (χ1) is 6.98. The molecule has 80 valence electrons. The first kappa shape index (κ1) is 10.6. The van der Waals surface area contributed by atoms with E-state index < -0.39 is 5.41 Å². The van der Waals surface area contributed by atoms with Gasteiger partial charge in [-0.1, -0.05) is 20.8 Å². The van der Waals surface area contributed by atoms with Crippen LogP contribution in [0.25, 0.3) is 0 Å². The maximum atomic E-state index is 9.14. The van der Waals surface area contributed by atoms with Gasteiger partial charge in [0.15, 0.2) is 5.41 Å². The Morgan fingerprint density at radius 3 is 2.53 bits per heavy atom. The van der Waals surface area contributed by atoms with E-state index in [9.17, 15) is 0 Å². The third kappa shape index (κ3) is 1.66. The van der Waals surface area contributed by atoms with E-state index >= 15 is 0 Å². The summed E-state index contributed by atoms with van der Waals surface area (Å²) in [6, 6.07) is 2.32. The highest BCUT2D eigenvalue weighted by atomic mass is 32.1. The van der Waals surface area contributed by atoms with Crippen molar-refractivity contribution in [1.29, 1.82) is 5.26 Å². The van der Waals surface area contributed by atoms with Crippen LogP contribution in [0, 0.1) is 11.3 Å². The molecular weight excluding hydrogens is 208 g/mol. The molecule has 15 heavy (non-hydrogen) atoms. The van der Waals surface area contributed by atoms with Crippen LogP contribution in [0.4, 0.5) is 0 Å². The molecule has 0 amide bonds. The molecule has 0 N–H and O–H groups in total. The molecule has 0 bridgehead atoms. The van der Waals surface area contributed by atoms with Crippen molar-refractivity contribution in [2.24, 2.45) is 0 Å². The predicted octanol–water partition coefficient (Wildman–Crippen LogP) is 2.23. The van der Waals surface area contributed by atoms with Crippen molar-refractivity contribution >= 4 is 11.3 Å². The molecule has 1 fully saturated rings. The van der Waals surface area contributed by atoms with Crippen LogP contribution >= 0.6 is 11.3 Å². The fourth-order valence-corrected chi connectivity index (χ4v) is 2.55. The van der Waals surface area contributed by atoms with Crippen molar-refractivity contribution in [3.05, 3.63) is 16.1 Å². The van der Waals surface area contributed by atoms with Crippen molar-refractivity contribution in [2.45, 2.75) is 31.6 Å². The van der Waals surface area contributed by atoms with Gasteiger partial charge >= 0.3 is 0 Å². The summed E-state index contributed by atoms with van der Waals surface area (Å²) in [6.07, 6.45) is 0. The van der Waals surface area contributed by atoms with Gasteiger partial charge in [0, 0.05) is 10.8 Å². The van der Waals surface area contributed by atoms with Crippen molar-refractivity contribution in [3.8, 4) is 6.07 Å². The van der Waals surface area contributed by atoms with Gasteiger partial charge in [-0.05, 0) is 0 Å². The molecule has 0 atom stereocenters. The number of hydrogen-bond acceptors (Lipinski definition) is 4. The minimum atomic E-state index is -0.464. The Morgan fingerprint density at radius 1 is 1.53 bits per heavy atom. The summed E-state index contributed by atoms with van der Waals surface area (Å²) < 4.78 is 5.12. The summed E-state index contributed by atoms with van der Waals surface area (Å²) in [4.78, 5) is 4.56. The fraction of sp³-hybridized carbons (Fsp3) is 0.636. The highest BCUT2D eigenvalue weighted by Gasteiger charge is 2.44. The smallest absolute Gasteiger partial charge is 0.155 e. The largest absolute Gasteiger partial charge is 0.377 e. The Kier molecular flexibility index (Phi) is 2.32. The number of aromatic nitrogens is 1. The summed E-state index contributed by atoms with van der Waals surface area (Å²) in [6.45, 7) is 7.35. The minimum Gasteiger partial charge on any atom is -0.377 e. The fourth-order valence-electron chi connectivity index (χ4n) is 1.38. The molecule has 3 nitrogen and oxygen atoms in total. The number of ether oxygens (including phenoxy) is 1. The summed E-state index contributed by atoms with van der Waals surface area (Å²) in [5.74, 6) is 0. The zero-order chi connectivity index (χ0) is 11.1. The van der Waals surface area contributed by atoms with Crippen molar-refractivity contribution in [2.75, 3.05) is 13.2 Å². The standard InChI is InChI=1S/C11H14N2OS/c1-10(2,3)8-4-15-9(13-8)11(5-12)6-14-7-11/h4H,6-7H2,1-3H3. The SMILES string of the molecule is CC(C)(C)c1csc(C2(C#N)COC2)n1. The van der Waals surface area contributed by atoms with Gasteiger partial charge in [0.1, 0.15) is 5.01 Å². The van der Waals surface area contributed by atoms with Gasteiger partial charge in [0.2, 0.25) is 0 Å². The quantitative estimate of drug-likeness (QED) is 0.732. The summed E-state index contributed by atoms with van der Waals surface area (Å²) in [5.41, 5.74) is 0.647. The number of rotatable bonds is 1. The molecule has 0 aromatic carbocycles. The molecule has 1 saturated heterocycles. The minimum absolute atomic E-state index is 0.0516. The van der Waals surface area contributed by atoms with Gasteiger partial charge in [0.25, 0.3) is 0 Å². The highest BCUT2D eigenvalue weighted by Crippen LogP contribution is 2.35. The van der Waals surface area contributed by atoms with E-state index in [1.165, 1.54) is 0 Å². The monoisotopic (exact) mass is 222 g/mol.